The molecule has 1 aliphatic heterocycles. The van der Waals surface area contributed by atoms with Crippen molar-refractivity contribution >= 4 is 0 Å². The Bertz CT molecular complexity index is 757. The Balaban J connectivity index is 2.01. The Hall–Kier alpha value is -2.10. The quantitative estimate of drug-likeness (QED) is 0.811. The van der Waals surface area contributed by atoms with Crippen LogP contribution < -0.4 is 0 Å². The van der Waals surface area contributed by atoms with E-state index in [2.05, 4.69) is 67.5 Å². The van der Waals surface area contributed by atoms with Gasteiger partial charge >= 0.3 is 0 Å². The molecule has 0 amide bonds. The average Bonchev–Trinajstić information content (AvgIpc) is 2.61. The third kappa shape index (κ3) is 3.84. The van der Waals surface area contributed by atoms with E-state index in [0.29, 0.717) is 17.8 Å². The lowest BCUT2D eigenvalue weighted by atomic mass is 9.91. The maximum atomic E-state index is 10.1. The summed E-state index contributed by atoms with van der Waals surface area (Å²) in [5.74, 6) is 0.326. The summed E-state index contributed by atoms with van der Waals surface area (Å²) in [4.78, 5) is 5.08. The molecule has 1 aliphatic rings. The second kappa shape index (κ2) is 8.07. The highest BCUT2D eigenvalue weighted by atomic mass is 16.3. The molecule has 0 bridgehead atoms. The molecule has 2 aromatic carbocycles. The summed E-state index contributed by atoms with van der Waals surface area (Å²) < 4.78 is 0. The first-order valence-electron chi connectivity index (χ1n) is 9.46. The molecule has 0 aromatic heterocycles. The summed E-state index contributed by atoms with van der Waals surface area (Å²) in [6, 6.07) is 17.3. The van der Waals surface area contributed by atoms with Crippen LogP contribution in [0.25, 0.3) is 0 Å². The number of phenolic OH excluding ortho intramolecular Hbond substituents is 1. The monoisotopic (exact) mass is 350 g/mol. The van der Waals surface area contributed by atoms with Gasteiger partial charge in [-0.15, -0.1) is 6.58 Å². The molecule has 3 atom stereocenters. The van der Waals surface area contributed by atoms with Gasteiger partial charge in [0, 0.05) is 31.7 Å². The third-order valence-electron chi connectivity index (χ3n) is 5.53. The Kier molecular flexibility index (Phi) is 5.80. The molecular weight excluding hydrogens is 320 g/mol. The fourth-order valence-corrected chi connectivity index (χ4v) is 4.14. The van der Waals surface area contributed by atoms with Crippen LogP contribution in [0.1, 0.15) is 36.6 Å². The van der Waals surface area contributed by atoms with Crippen molar-refractivity contribution in [3.8, 4) is 5.75 Å². The van der Waals surface area contributed by atoms with Crippen molar-refractivity contribution in [1.82, 2.24) is 9.80 Å². The normalized spacial score (nSPS) is 22.9. The van der Waals surface area contributed by atoms with Crippen LogP contribution in [0.2, 0.25) is 0 Å². The molecule has 1 fully saturated rings. The maximum Gasteiger partial charge on any atom is 0.115 e. The highest BCUT2D eigenvalue weighted by Gasteiger charge is 2.34. The smallest absolute Gasteiger partial charge is 0.115 e. The molecular formula is C23H30N2O. The van der Waals surface area contributed by atoms with Gasteiger partial charge in [0.25, 0.3) is 0 Å². The van der Waals surface area contributed by atoms with Crippen LogP contribution in [0.3, 0.4) is 0 Å². The minimum Gasteiger partial charge on any atom is -0.508 e. The molecule has 1 heterocycles. The first-order chi connectivity index (χ1) is 12.5. The van der Waals surface area contributed by atoms with E-state index in [1.54, 1.807) is 6.07 Å². The third-order valence-corrected chi connectivity index (χ3v) is 5.53. The van der Waals surface area contributed by atoms with Gasteiger partial charge in [0.1, 0.15) is 5.75 Å². The maximum absolute atomic E-state index is 10.1. The Morgan fingerprint density at radius 3 is 2.58 bits per heavy atom. The molecule has 3 nitrogen and oxygen atoms in total. The van der Waals surface area contributed by atoms with Gasteiger partial charge in [0.15, 0.2) is 0 Å². The van der Waals surface area contributed by atoms with Crippen LogP contribution in [0.4, 0.5) is 0 Å². The predicted molar refractivity (Wildman–Crippen MR) is 109 cm³/mol. The second-order valence-electron chi connectivity index (χ2n) is 7.49. The molecule has 0 aliphatic carbocycles. The number of aromatic hydroxyl groups is 1. The number of rotatable bonds is 5. The van der Waals surface area contributed by atoms with E-state index in [-0.39, 0.29) is 6.04 Å². The first-order valence-corrected chi connectivity index (χ1v) is 9.46. The lowest BCUT2D eigenvalue weighted by Gasteiger charge is -2.47. The van der Waals surface area contributed by atoms with Gasteiger partial charge in [0.2, 0.25) is 0 Å². The molecule has 1 unspecified atom stereocenters. The zero-order chi connectivity index (χ0) is 18.7. The fourth-order valence-electron chi connectivity index (χ4n) is 4.14. The SMILES string of the molecule is C=CCN1C[C@H](C)N(C(c2cccc(O)c2)c2ccccc2C)C[C@H]1C. The fraction of sp³-hybridized carbons (Fsp3) is 0.391. The molecule has 0 saturated carbocycles. The van der Waals surface area contributed by atoms with Crippen LogP contribution >= 0.6 is 0 Å². The summed E-state index contributed by atoms with van der Waals surface area (Å²) >= 11 is 0. The number of aryl methyl sites for hydroxylation is 1. The number of benzene rings is 2. The van der Waals surface area contributed by atoms with Gasteiger partial charge in [0.05, 0.1) is 6.04 Å². The molecule has 3 heteroatoms. The largest absolute Gasteiger partial charge is 0.508 e. The summed E-state index contributed by atoms with van der Waals surface area (Å²) in [7, 11) is 0. The summed E-state index contributed by atoms with van der Waals surface area (Å²) in [6.45, 7) is 13.6. The van der Waals surface area contributed by atoms with E-state index < -0.39 is 0 Å². The molecule has 0 radical (unpaired) electrons. The molecule has 2 aromatic rings. The van der Waals surface area contributed by atoms with E-state index in [1.165, 1.54) is 11.1 Å². The van der Waals surface area contributed by atoms with Crippen molar-refractivity contribution < 1.29 is 5.11 Å². The highest BCUT2D eigenvalue weighted by Crippen LogP contribution is 2.35. The number of hydrogen-bond donors (Lipinski definition) is 1. The van der Waals surface area contributed by atoms with Crippen molar-refractivity contribution in [3.63, 3.8) is 0 Å². The van der Waals surface area contributed by atoms with Crippen LogP contribution in [-0.4, -0.2) is 46.6 Å². The molecule has 1 N–H and O–H groups in total. The van der Waals surface area contributed by atoms with E-state index in [9.17, 15) is 5.11 Å². The zero-order valence-corrected chi connectivity index (χ0v) is 16.1. The van der Waals surface area contributed by atoms with Crippen LogP contribution in [0.5, 0.6) is 5.75 Å². The standard InChI is InChI=1S/C23H30N2O/c1-5-13-24-15-19(4)25(16-18(24)3)23(20-10-8-11-21(26)14-20)22-12-7-6-9-17(22)2/h5-12,14,18-19,23,26H,1,13,15-16H2,2-4H3/t18-,19+,23?/m1/s1. The molecule has 1 saturated heterocycles. The molecule has 3 rings (SSSR count). The first kappa shape index (κ1) is 18.7. The molecule has 0 spiro atoms. The van der Waals surface area contributed by atoms with Crippen molar-refractivity contribution in [2.45, 2.75) is 38.9 Å². The van der Waals surface area contributed by atoms with Crippen molar-refractivity contribution in [2.75, 3.05) is 19.6 Å². The molecule has 138 valence electrons. The van der Waals surface area contributed by atoms with Crippen LogP contribution in [0.15, 0.2) is 61.2 Å². The number of nitrogens with zero attached hydrogens (tertiary/aromatic N) is 2. The van der Waals surface area contributed by atoms with E-state index >= 15 is 0 Å². The number of phenols is 1. The lowest BCUT2D eigenvalue weighted by molar-refractivity contribution is 0.0305. The van der Waals surface area contributed by atoms with Gasteiger partial charge in [-0.3, -0.25) is 9.80 Å². The Morgan fingerprint density at radius 1 is 1.12 bits per heavy atom. The van der Waals surface area contributed by atoms with Crippen molar-refractivity contribution in [2.24, 2.45) is 0 Å². The van der Waals surface area contributed by atoms with E-state index in [4.69, 9.17) is 0 Å². The lowest BCUT2D eigenvalue weighted by Crippen LogP contribution is -2.57. The van der Waals surface area contributed by atoms with Gasteiger partial charge in [-0.25, -0.2) is 0 Å². The Morgan fingerprint density at radius 2 is 1.88 bits per heavy atom. The van der Waals surface area contributed by atoms with E-state index in [0.717, 1.165) is 25.2 Å². The zero-order valence-electron chi connectivity index (χ0n) is 16.1. The van der Waals surface area contributed by atoms with E-state index in [1.807, 2.05) is 18.2 Å². The highest BCUT2D eigenvalue weighted by molar-refractivity contribution is 5.40. The molecule has 26 heavy (non-hydrogen) atoms. The summed E-state index contributed by atoms with van der Waals surface area (Å²) in [5.41, 5.74) is 3.75. The van der Waals surface area contributed by atoms with Crippen LogP contribution in [-0.2, 0) is 0 Å². The average molecular weight is 351 g/mol. The van der Waals surface area contributed by atoms with Gasteiger partial charge < -0.3 is 5.11 Å². The van der Waals surface area contributed by atoms with Crippen LogP contribution in [0, 0.1) is 6.92 Å². The number of hydrogen-bond acceptors (Lipinski definition) is 3. The predicted octanol–water partition coefficient (Wildman–Crippen LogP) is 4.37. The second-order valence-corrected chi connectivity index (χ2v) is 7.49. The van der Waals surface area contributed by atoms with Crippen molar-refractivity contribution in [1.29, 1.82) is 0 Å². The van der Waals surface area contributed by atoms with Gasteiger partial charge in [-0.2, -0.15) is 0 Å². The summed E-state index contributed by atoms with van der Waals surface area (Å²) in [6.07, 6.45) is 1.99. The van der Waals surface area contributed by atoms with Gasteiger partial charge in [-0.05, 0) is 49.6 Å². The minimum absolute atomic E-state index is 0.145. The van der Waals surface area contributed by atoms with Crippen molar-refractivity contribution in [3.05, 3.63) is 77.9 Å². The number of piperazine rings is 1. The Labute approximate surface area is 157 Å². The summed E-state index contributed by atoms with van der Waals surface area (Å²) in [5, 5.41) is 10.1. The topological polar surface area (TPSA) is 26.7 Å². The van der Waals surface area contributed by atoms with Gasteiger partial charge in [-0.1, -0.05) is 42.5 Å². The minimum atomic E-state index is 0.145.